The van der Waals surface area contributed by atoms with Crippen molar-refractivity contribution in [2.75, 3.05) is 12.4 Å². The van der Waals surface area contributed by atoms with Crippen LogP contribution < -0.4 is 5.32 Å². The maximum Gasteiger partial charge on any atom is 0.252 e. The van der Waals surface area contributed by atoms with Crippen molar-refractivity contribution in [2.45, 2.75) is 26.7 Å². The monoisotopic (exact) mass is 272 g/mol. The van der Waals surface area contributed by atoms with E-state index in [4.69, 9.17) is 11.6 Å². The van der Waals surface area contributed by atoms with Gasteiger partial charge in [-0.2, -0.15) is 0 Å². The molecule has 18 heavy (non-hydrogen) atoms. The minimum Gasteiger partial charge on any atom is -0.351 e. The number of halogens is 2. The summed E-state index contributed by atoms with van der Waals surface area (Å²) in [6, 6.07) is 1.17. The second-order valence-electron chi connectivity index (χ2n) is 5.03. The number of aromatic nitrogens is 1. The van der Waals surface area contributed by atoms with Crippen LogP contribution in [0.1, 0.15) is 37.0 Å². The largest absolute Gasteiger partial charge is 0.351 e. The van der Waals surface area contributed by atoms with Gasteiger partial charge in [-0.05, 0) is 24.3 Å². The number of amides is 1. The zero-order chi connectivity index (χ0) is 13.6. The average molecular weight is 273 g/mol. The minimum atomic E-state index is -0.510. The normalized spacial score (nSPS) is 11.3. The van der Waals surface area contributed by atoms with Crippen LogP contribution in [0.4, 0.5) is 4.39 Å². The Morgan fingerprint density at radius 3 is 2.83 bits per heavy atom. The van der Waals surface area contributed by atoms with Crippen molar-refractivity contribution < 1.29 is 9.18 Å². The third-order valence-corrected chi connectivity index (χ3v) is 2.95. The Morgan fingerprint density at radius 2 is 2.22 bits per heavy atom. The molecule has 0 aliphatic carbocycles. The van der Waals surface area contributed by atoms with Gasteiger partial charge in [-0.1, -0.05) is 13.8 Å². The molecule has 3 nitrogen and oxygen atoms in total. The third kappa shape index (κ3) is 5.00. The molecule has 1 rings (SSSR count). The number of nitrogens with one attached hydrogen (secondary N) is 1. The Hall–Kier alpha value is -1.16. The summed E-state index contributed by atoms with van der Waals surface area (Å²) in [6.45, 7) is 4.65. The smallest absolute Gasteiger partial charge is 0.252 e. The van der Waals surface area contributed by atoms with Gasteiger partial charge in [-0.25, -0.2) is 4.39 Å². The predicted octanol–water partition coefficient (Wildman–Crippen LogP) is 3.00. The van der Waals surface area contributed by atoms with E-state index in [2.05, 4.69) is 24.1 Å². The molecule has 0 radical (unpaired) electrons. The molecule has 0 aromatic carbocycles. The van der Waals surface area contributed by atoms with Crippen LogP contribution in [-0.2, 0) is 0 Å². The molecule has 1 N–H and O–H groups in total. The fourth-order valence-corrected chi connectivity index (χ4v) is 1.73. The zero-order valence-corrected chi connectivity index (χ0v) is 11.4. The maximum atomic E-state index is 12.9. The molecule has 100 valence electrons. The van der Waals surface area contributed by atoms with Crippen molar-refractivity contribution >= 4 is 17.5 Å². The Bertz CT molecular complexity index is 410. The summed E-state index contributed by atoms with van der Waals surface area (Å²) in [5.41, 5.74) is 0.217. The fourth-order valence-electron chi connectivity index (χ4n) is 1.59. The molecule has 0 fully saturated rings. The Balaban J connectivity index is 2.50. The molecule has 1 aromatic heterocycles. The highest BCUT2D eigenvalue weighted by Crippen LogP contribution is 2.21. The van der Waals surface area contributed by atoms with E-state index < -0.39 is 5.82 Å². The average Bonchev–Trinajstić information content (AvgIpc) is 2.34. The van der Waals surface area contributed by atoms with Crippen molar-refractivity contribution in [2.24, 2.45) is 5.41 Å². The molecular formula is C13H18ClFN2O. The summed E-state index contributed by atoms with van der Waals surface area (Å²) in [4.78, 5) is 15.4. The first-order valence-corrected chi connectivity index (χ1v) is 6.43. The van der Waals surface area contributed by atoms with Crippen LogP contribution >= 0.6 is 11.6 Å². The van der Waals surface area contributed by atoms with E-state index in [0.717, 1.165) is 19.0 Å². The molecule has 0 unspecified atom stereocenters. The minimum absolute atomic E-state index is 0.0225. The molecule has 1 aromatic rings. The van der Waals surface area contributed by atoms with E-state index in [9.17, 15) is 9.18 Å². The van der Waals surface area contributed by atoms with Crippen LogP contribution in [-0.4, -0.2) is 23.3 Å². The number of nitrogens with zero attached hydrogens (tertiary/aromatic N) is 1. The molecule has 0 bridgehead atoms. The Morgan fingerprint density at radius 1 is 1.50 bits per heavy atom. The van der Waals surface area contributed by atoms with Crippen LogP contribution in [0.5, 0.6) is 0 Å². The quantitative estimate of drug-likeness (QED) is 0.809. The van der Waals surface area contributed by atoms with Crippen molar-refractivity contribution in [1.29, 1.82) is 0 Å². The van der Waals surface area contributed by atoms with Crippen molar-refractivity contribution in [3.63, 3.8) is 0 Å². The number of hydrogen-bond donors (Lipinski definition) is 1. The predicted molar refractivity (Wildman–Crippen MR) is 70.3 cm³/mol. The number of pyridine rings is 1. The number of carbonyl (C=O) groups excluding carboxylic acids is 1. The van der Waals surface area contributed by atoms with Gasteiger partial charge < -0.3 is 5.32 Å². The van der Waals surface area contributed by atoms with Gasteiger partial charge in [0.1, 0.15) is 5.82 Å². The van der Waals surface area contributed by atoms with Crippen molar-refractivity contribution in [3.8, 4) is 0 Å². The van der Waals surface area contributed by atoms with E-state index in [1.165, 1.54) is 12.3 Å². The van der Waals surface area contributed by atoms with Gasteiger partial charge in [0, 0.05) is 18.6 Å². The van der Waals surface area contributed by atoms with E-state index in [0.29, 0.717) is 12.4 Å². The highest BCUT2D eigenvalue weighted by molar-refractivity contribution is 6.17. The molecular weight excluding hydrogens is 255 g/mol. The molecule has 1 heterocycles. The number of hydrogen-bond acceptors (Lipinski definition) is 2. The SMILES string of the molecule is CC(C)(CCCCl)CNC(=O)c1cncc(F)c1. The molecule has 1 amide bonds. The lowest BCUT2D eigenvalue weighted by atomic mass is 9.88. The Labute approximate surface area is 112 Å². The van der Waals surface area contributed by atoms with E-state index in [-0.39, 0.29) is 16.9 Å². The van der Waals surface area contributed by atoms with E-state index >= 15 is 0 Å². The summed E-state index contributed by atoms with van der Waals surface area (Å²) >= 11 is 5.65. The van der Waals surface area contributed by atoms with Crippen LogP contribution in [0.2, 0.25) is 0 Å². The summed E-state index contributed by atoms with van der Waals surface area (Å²) in [5, 5.41) is 2.79. The van der Waals surface area contributed by atoms with Gasteiger partial charge in [0.2, 0.25) is 0 Å². The highest BCUT2D eigenvalue weighted by atomic mass is 35.5. The summed E-state index contributed by atoms with van der Waals surface area (Å²) < 4.78 is 12.9. The lowest BCUT2D eigenvalue weighted by Crippen LogP contribution is -2.34. The standard InChI is InChI=1S/C13H18ClFN2O/c1-13(2,4-3-5-14)9-17-12(18)10-6-11(15)8-16-7-10/h6-8H,3-5,9H2,1-2H3,(H,17,18). The molecule has 0 saturated heterocycles. The molecule has 0 aliphatic rings. The van der Waals surface area contributed by atoms with Gasteiger partial charge in [0.25, 0.3) is 5.91 Å². The van der Waals surface area contributed by atoms with Crippen LogP contribution in [0.15, 0.2) is 18.5 Å². The van der Waals surface area contributed by atoms with Gasteiger partial charge in [0.15, 0.2) is 0 Å². The van der Waals surface area contributed by atoms with Gasteiger partial charge in [-0.3, -0.25) is 9.78 Å². The van der Waals surface area contributed by atoms with Crippen LogP contribution in [0, 0.1) is 11.2 Å². The fraction of sp³-hybridized carbons (Fsp3) is 0.538. The highest BCUT2D eigenvalue weighted by Gasteiger charge is 2.18. The molecule has 0 aliphatic heterocycles. The first-order valence-electron chi connectivity index (χ1n) is 5.89. The van der Waals surface area contributed by atoms with Crippen molar-refractivity contribution in [1.82, 2.24) is 10.3 Å². The molecule has 0 spiro atoms. The second kappa shape index (κ2) is 6.69. The number of alkyl halides is 1. The van der Waals surface area contributed by atoms with Crippen LogP contribution in [0.25, 0.3) is 0 Å². The molecule has 0 atom stereocenters. The topological polar surface area (TPSA) is 42.0 Å². The lowest BCUT2D eigenvalue weighted by molar-refractivity contribution is 0.0933. The van der Waals surface area contributed by atoms with E-state index in [1.54, 1.807) is 0 Å². The zero-order valence-electron chi connectivity index (χ0n) is 10.7. The lowest BCUT2D eigenvalue weighted by Gasteiger charge is -2.24. The maximum absolute atomic E-state index is 12.9. The number of rotatable bonds is 6. The first kappa shape index (κ1) is 14.9. The molecule has 5 heteroatoms. The summed E-state index contributed by atoms with van der Waals surface area (Å²) in [7, 11) is 0. The summed E-state index contributed by atoms with van der Waals surface area (Å²) in [5.74, 6) is -0.199. The third-order valence-electron chi connectivity index (χ3n) is 2.68. The summed E-state index contributed by atoms with van der Waals surface area (Å²) in [6.07, 6.45) is 4.26. The van der Waals surface area contributed by atoms with Gasteiger partial charge >= 0.3 is 0 Å². The Kier molecular flexibility index (Phi) is 5.54. The first-order chi connectivity index (χ1) is 8.44. The van der Waals surface area contributed by atoms with Crippen molar-refractivity contribution in [3.05, 3.63) is 29.8 Å². The van der Waals surface area contributed by atoms with E-state index in [1.807, 2.05) is 0 Å². The molecule has 0 saturated carbocycles. The van der Waals surface area contributed by atoms with Crippen LogP contribution in [0.3, 0.4) is 0 Å². The van der Waals surface area contributed by atoms with Gasteiger partial charge in [0.05, 0.1) is 11.8 Å². The second-order valence-corrected chi connectivity index (χ2v) is 5.41. The van der Waals surface area contributed by atoms with Gasteiger partial charge in [-0.15, -0.1) is 11.6 Å². The number of carbonyl (C=O) groups is 1.